The Morgan fingerprint density at radius 2 is 1.77 bits per heavy atom. The molecule has 0 radical (unpaired) electrons. The third kappa shape index (κ3) is 7.67. The fourth-order valence-electron chi connectivity index (χ4n) is 4.10. The van der Waals surface area contributed by atoms with Crippen molar-refractivity contribution in [3.05, 3.63) is 58.7 Å². The fourth-order valence-corrected chi connectivity index (χ4v) is 6.42. The highest BCUT2D eigenvalue weighted by Crippen LogP contribution is 2.27. The number of nitrogens with zero attached hydrogens (tertiary/aromatic N) is 2. The molecule has 1 N–H and O–H groups in total. The topological polar surface area (TPSA) is 97.2 Å². The minimum Gasteiger partial charge on any atom is -0.379 e. The van der Waals surface area contributed by atoms with E-state index in [9.17, 15) is 13.2 Å². The van der Waals surface area contributed by atoms with E-state index < -0.39 is 10.1 Å². The van der Waals surface area contributed by atoms with Crippen molar-refractivity contribution in [2.45, 2.75) is 76.4 Å². The van der Waals surface area contributed by atoms with Crippen molar-refractivity contribution in [2.24, 2.45) is 10.2 Å². The van der Waals surface area contributed by atoms with Crippen LogP contribution < -0.4 is 9.50 Å². The first-order chi connectivity index (χ1) is 16.7. The molecule has 1 unspecified atom stereocenters. The highest BCUT2D eigenvalue weighted by molar-refractivity contribution is 8.15. The van der Waals surface area contributed by atoms with E-state index in [1.165, 1.54) is 37.2 Å². The number of nitrogens with one attached hydrogen (secondary N) is 1. The van der Waals surface area contributed by atoms with Crippen LogP contribution in [0.25, 0.3) is 0 Å². The van der Waals surface area contributed by atoms with Gasteiger partial charge in [0.15, 0.2) is 5.17 Å². The number of hydrogen-bond acceptors (Lipinski definition) is 7. The lowest BCUT2D eigenvalue weighted by atomic mass is 10.1. The Labute approximate surface area is 212 Å². The van der Waals surface area contributed by atoms with Crippen molar-refractivity contribution in [3.63, 3.8) is 0 Å². The van der Waals surface area contributed by atoms with Crippen LogP contribution in [0.2, 0.25) is 0 Å². The minimum absolute atomic E-state index is 0.0262. The van der Waals surface area contributed by atoms with Crippen molar-refractivity contribution in [1.82, 2.24) is 5.32 Å². The maximum Gasteiger partial charge on any atom is 0.339 e. The van der Waals surface area contributed by atoms with Gasteiger partial charge in [0, 0.05) is 0 Å². The lowest BCUT2D eigenvalue weighted by Crippen LogP contribution is -2.24. The van der Waals surface area contributed by atoms with Gasteiger partial charge in [-0.2, -0.15) is 13.5 Å². The van der Waals surface area contributed by atoms with Crippen LogP contribution in [0.1, 0.15) is 67.7 Å². The zero-order valence-corrected chi connectivity index (χ0v) is 22.3. The fraction of sp³-hybridized carbons (Fsp3) is 0.423. The van der Waals surface area contributed by atoms with Crippen LogP contribution >= 0.6 is 11.8 Å². The van der Waals surface area contributed by atoms with Crippen LogP contribution in [0.5, 0.6) is 5.75 Å². The van der Waals surface area contributed by atoms with Crippen molar-refractivity contribution in [2.75, 3.05) is 0 Å². The monoisotopic (exact) mass is 515 g/mol. The Hall–Kier alpha value is -2.65. The van der Waals surface area contributed by atoms with Gasteiger partial charge < -0.3 is 9.50 Å². The summed E-state index contributed by atoms with van der Waals surface area (Å²) in [6.45, 7) is 7.63. The van der Waals surface area contributed by atoms with E-state index in [0.717, 1.165) is 24.8 Å². The number of amides is 1. The molecule has 2 aromatic rings. The molecule has 7 nitrogen and oxygen atoms in total. The second-order valence-electron chi connectivity index (χ2n) is 8.79. The van der Waals surface area contributed by atoms with Crippen LogP contribution in [-0.4, -0.2) is 31.0 Å². The molecule has 9 heteroatoms. The summed E-state index contributed by atoms with van der Waals surface area (Å²) in [7, 11) is -3.99. The van der Waals surface area contributed by atoms with Gasteiger partial charge in [0.25, 0.3) is 0 Å². The summed E-state index contributed by atoms with van der Waals surface area (Å²) >= 11 is 1.40. The Morgan fingerprint density at radius 3 is 2.49 bits per heavy atom. The van der Waals surface area contributed by atoms with E-state index in [1.54, 1.807) is 38.1 Å². The minimum atomic E-state index is -3.99. The third-order valence-electron chi connectivity index (χ3n) is 5.62. The van der Waals surface area contributed by atoms with Gasteiger partial charge in [-0.3, -0.25) is 4.79 Å². The highest BCUT2D eigenvalue weighted by atomic mass is 32.2. The molecule has 3 rings (SSSR count). The Bertz CT molecular complexity index is 1200. The molecule has 1 saturated heterocycles. The molecule has 1 atom stereocenters. The summed E-state index contributed by atoms with van der Waals surface area (Å²) in [5.74, 6) is 0.161. The molecule has 1 aliphatic heterocycles. The summed E-state index contributed by atoms with van der Waals surface area (Å²) in [6.07, 6.45) is 8.13. The standard InChI is InChI=1S/C26H33N3O4S2/c1-5-6-7-8-9-13-23-25(30)28-26(34-23)29-27-17-21-11-10-12-22(16-21)33-35(31,32)24-19(3)14-18(2)15-20(24)4/h10-12,14-17,23H,5-9,13H2,1-4H3,(H,28,29,30). The smallest absolute Gasteiger partial charge is 0.339 e. The number of aryl methyl sites for hydroxylation is 3. The molecule has 0 spiro atoms. The second kappa shape index (κ2) is 12.4. The predicted molar refractivity (Wildman–Crippen MR) is 143 cm³/mol. The first-order valence-corrected chi connectivity index (χ1v) is 14.2. The summed E-state index contributed by atoms with van der Waals surface area (Å²) in [6, 6.07) is 10.3. The molecule has 1 aliphatic rings. The van der Waals surface area contributed by atoms with Crippen LogP contribution in [0.15, 0.2) is 51.5 Å². The molecule has 0 aromatic heterocycles. The van der Waals surface area contributed by atoms with Gasteiger partial charge in [-0.15, -0.1) is 5.10 Å². The lowest BCUT2D eigenvalue weighted by Gasteiger charge is -2.13. The predicted octanol–water partition coefficient (Wildman–Crippen LogP) is 5.66. The molecule has 0 saturated carbocycles. The second-order valence-corrected chi connectivity index (χ2v) is 11.5. The maximum atomic E-state index is 12.9. The highest BCUT2D eigenvalue weighted by Gasteiger charge is 2.29. The largest absolute Gasteiger partial charge is 0.379 e. The van der Waals surface area contributed by atoms with E-state index in [0.29, 0.717) is 21.9 Å². The van der Waals surface area contributed by atoms with E-state index in [2.05, 4.69) is 22.4 Å². The number of thioether (sulfide) groups is 1. The Morgan fingerprint density at radius 1 is 1.06 bits per heavy atom. The number of carbonyl (C=O) groups excluding carboxylic acids is 1. The molecule has 188 valence electrons. The SMILES string of the molecule is CCCCCCCC1SC(=NN=Cc2cccc(OS(=O)(=O)c3c(C)cc(C)cc3C)c2)NC1=O. The van der Waals surface area contributed by atoms with E-state index in [-0.39, 0.29) is 21.8 Å². The zero-order chi connectivity index (χ0) is 25.4. The molecule has 1 fully saturated rings. The lowest BCUT2D eigenvalue weighted by molar-refractivity contribution is -0.118. The number of amidine groups is 1. The number of rotatable bonds is 11. The summed E-state index contributed by atoms with van der Waals surface area (Å²) in [5, 5.41) is 11.3. The first kappa shape index (κ1) is 26.9. The number of benzene rings is 2. The van der Waals surface area contributed by atoms with Crippen LogP contribution in [0.3, 0.4) is 0 Å². The number of unbranched alkanes of at least 4 members (excludes halogenated alkanes) is 4. The molecule has 0 bridgehead atoms. The summed E-state index contributed by atoms with van der Waals surface area (Å²) in [5.41, 5.74) is 2.91. The third-order valence-corrected chi connectivity index (χ3v) is 8.32. The number of carbonyl (C=O) groups is 1. The van der Waals surface area contributed by atoms with E-state index in [4.69, 9.17) is 4.18 Å². The first-order valence-electron chi connectivity index (χ1n) is 11.9. The molecule has 0 aliphatic carbocycles. The Kier molecular flexibility index (Phi) is 9.51. The molecule has 1 amide bonds. The zero-order valence-electron chi connectivity index (χ0n) is 20.7. The van der Waals surface area contributed by atoms with Crippen molar-refractivity contribution >= 4 is 39.2 Å². The summed E-state index contributed by atoms with van der Waals surface area (Å²) < 4.78 is 31.3. The Balaban J connectivity index is 1.62. The normalized spacial score (nSPS) is 17.3. The van der Waals surface area contributed by atoms with Gasteiger partial charge >= 0.3 is 10.1 Å². The van der Waals surface area contributed by atoms with Gasteiger partial charge in [0.1, 0.15) is 10.6 Å². The molecular formula is C26H33N3O4S2. The molecule has 35 heavy (non-hydrogen) atoms. The average Bonchev–Trinajstić information content (AvgIpc) is 3.11. The van der Waals surface area contributed by atoms with Gasteiger partial charge in [-0.1, -0.05) is 80.6 Å². The number of hydrogen-bond donors (Lipinski definition) is 1. The van der Waals surface area contributed by atoms with Crippen molar-refractivity contribution < 1.29 is 17.4 Å². The maximum absolute atomic E-state index is 12.9. The molecule has 2 aromatic carbocycles. The van der Waals surface area contributed by atoms with E-state index in [1.807, 2.05) is 19.1 Å². The van der Waals surface area contributed by atoms with E-state index >= 15 is 0 Å². The molecule has 1 heterocycles. The van der Waals surface area contributed by atoms with Gasteiger partial charge in [0.2, 0.25) is 5.91 Å². The van der Waals surface area contributed by atoms with Crippen LogP contribution in [-0.2, 0) is 14.9 Å². The van der Waals surface area contributed by atoms with Crippen LogP contribution in [0.4, 0.5) is 0 Å². The van der Waals surface area contributed by atoms with Crippen molar-refractivity contribution in [3.8, 4) is 5.75 Å². The average molecular weight is 516 g/mol. The van der Waals surface area contributed by atoms with Gasteiger partial charge in [-0.25, -0.2) is 0 Å². The van der Waals surface area contributed by atoms with Gasteiger partial charge in [0.05, 0.1) is 11.5 Å². The quantitative estimate of drug-likeness (QED) is 0.180. The van der Waals surface area contributed by atoms with Crippen LogP contribution in [0, 0.1) is 20.8 Å². The molecular weight excluding hydrogens is 482 g/mol. The van der Waals surface area contributed by atoms with Gasteiger partial charge in [-0.05, 0) is 56.0 Å². The summed E-state index contributed by atoms with van der Waals surface area (Å²) in [4.78, 5) is 12.3. The van der Waals surface area contributed by atoms with Crippen molar-refractivity contribution in [1.29, 1.82) is 0 Å².